The van der Waals surface area contributed by atoms with Gasteiger partial charge >= 0.3 is 208 Å². The van der Waals surface area contributed by atoms with Crippen LogP contribution in [0, 0.1) is 23.7 Å². The maximum absolute atomic E-state index is 6.68. The van der Waals surface area contributed by atoms with Crippen molar-refractivity contribution in [3.63, 3.8) is 0 Å². The van der Waals surface area contributed by atoms with Gasteiger partial charge in [0.15, 0.2) is 0 Å². The number of benzene rings is 2. The minimum atomic E-state index is -0.0718. The molecule has 4 bridgehead atoms. The molecule has 0 N–H and O–H groups in total. The third-order valence-corrected chi connectivity index (χ3v) is 14.4. The quantitative estimate of drug-likeness (QED) is 0.280. The average Bonchev–Trinajstić information content (AvgIpc) is 3.62. The number of nitrogens with zero attached hydrogens (tertiary/aromatic N) is 1. The van der Waals surface area contributed by atoms with Gasteiger partial charge in [-0.3, -0.25) is 0 Å². The van der Waals surface area contributed by atoms with Gasteiger partial charge in [0, 0.05) is 0 Å². The second kappa shape index (κ2) is 9.01. The van der Waals surface area contributed by atoms with Crippen molar-refractivity contribution in [2.75, 3.05) is 19.0 Å². The number of fused-ring (bicyclic) bond motifs is 4. The van der Waals surface area contributed by atoms with E-state index in [9.17, 15) is 0 Å². The molecular formula is C28H35ClNPPd. The molecule has 7 atom stereocenters. The van der Waals surface area contributed by atoms with Crippen LogP contribution < -0.4 is 14.2 Å². The van der Waals surface area contributed by atoms with E-state index in [0.29, 0.717) is 0 Å². The molecule has 6 rings (SSSR count). The van der Waals surface area contributed by atoms with E-state index in [1.165, 1.54) is 72.2 Å². The summed E-state index contributed by atoms with van der Waals surface area (Å²) in [6.45, 7) is 0. The van der Waals surface area contributed by atoms with Gasteiger partial charge in [0.2, 0.25) is 0 Å². The first-order valence-electron chi connectivity index (χ1n) is 12.5. The topological polar surface area (TPSA) is 3.24 Å². The Morgan fingerprint density at radius 1 is 0.812 bits per heavy atom. The molecule has 4 fully saturated rings. The van der Waals surface area contributed by atoms with Gasteiger partial charge in [-0.15, -0.1) is 0 Å². The van der Waals surface area contributed by atoms with Crippen molar-refractivity contribution in [3.8, 4) is 11.1 Å². The fourth-order valence-corrected chi connectivity index (χ4v) is 13.6. The van der Waals surface area contributed by atoms with Crippen LogP contribution in [0.5, 0.6) is 0 Å². The summed E-state index contributed by atoms with van der Waals surface area (Å²) < 4.78 is 1.38. The molecule has 4 aliphatic rings. The molecule has 4 heteroatoms. The van der Waals surface area contributed by atoms with Crippen LogP contribution >= 0.6 is 17.5 Å². The fraction of sp³-hybridized carbons (Fsp3) is 0.571. The molecule has 0 heterocycles. The molecule has 4 aliphatic carbocycles. The molecular weight excluding hydrogens is 523 g/mol. The molecule has 2 aromatic rings. The van der Waals surface area contributed by atoms with Crippen LogP contribution in [0.1, 0.15) is 51.4 Å². The zero-order valence-corrected chi connectivity index (χ0v) is 22.5. The maximum atomic E-state index is 6.68. The zero-order valence-electron chi connectivity index (χ0n) is 19.3. The predicted molar refractivity (Wildman–Crippen MR) is 137 cm³/mol. The van der Waals surface area contributed by atoms with Crippen LogP contribution in [0.2, 0.25) is 0 Å². The monoisotopic (exact) mass is 557 g/mol. The summed E-state index contributed by atoms with van der Waals surface area (Å²) in [7, 11) is 10.9. The molecule has 0 amide bonds. The molecule has 0 saturated heterocycles. The van der Waals surface area contributed by atoms with E-state index < -0.39 is 0 Å². The predicted octanol–water partition coefficient (Wildman–Crippen LogP) is 6.77. The summed E-state index contributed by atoms with van der Waals surface area (Å²) in [6, 6.07) is 16.3. The molecule has 6 unspecified atom stereocenters. The van der Waals surface area contributed by atoms with E-state index >= 15 is 0 Å². The fourth-order valence-electron chi connectivity index (χ4n) is 7.73. The van der Waals surface area contributed by atoms with Gasteiger partial charge in [0.1, 0.15) is 0 Å². The van der Waals surface area contributed by atoms with Crippen LogP contribution in [0.4, 0.5) is 5.69 Å². The molecule has 0 radical (unpaired) electrons. The van der Waals surface area contributed by atoms with Crippen molar-refractivity contribution in [2.24, 2.45) is 23.7 Å². The van der Waals surface area contributed by atoms with Crippen molar-refractivity contribution in [3.05, 3.63) is 42.5 Å². The SMILES string of the molecule is CN(C)c1ccccc1-c1ccc(P(C2CC3CCC2C3)C2CC3CC[C@H]2C3)c[c]1[Pd][Cl]. The Labute approximate surface area is 207 Å². The summed E-state index contributed by atoms with van der Waals surface area (Å²) in [5.74, 6) is 4.11. The summed E-state index contributed by atoms with van der Waals surface area (Å²) in [4.78, 5) is 2.23. The van der Waals surface area contributed by atoms with E-state index in [-0.39, 0.29) is 24.9 Å². The van der Waals surface area contributed by atoms with E-state index in [0.717, 1.165) is 35.0 Å². The average molecular weight is 558 g/mol. The van der Waals surface area contributed by atoms with Crippen molar-refractivity contribution >= 4 is 32.5 Å². The van der Waals surface area contributed by atoms with Crippen molar-refractivity contribution in [1.82, 2.24) is 0 Å². The zero-order chi connectivity index (χ0) is 21.8. The van der Waals surface area contributed by atoms with Crippen LogP contribution in [-0.2, 0) is 17.0 Å². The van der Waals surface area contributed by atoms with Crippen LogP contribution in [-0.4, -0.2) is 25.4 Å². The van der Waals surface area contributed by atoms with E-state index in [2.05, 4.69) is 61.5 Å². The summed E-state index contributed by atoms with van der Waals surface area (Å²) in [5.41, 5.74) is 5.92. The van der Waals surface area contributed by atoms with Crippen LogP contribution in [0.25, 0.3) is 11.1 Å². The number of anilines is 1. The molecule has 0 spiro atoms. The number of halogens is 1. The molecule has 2 aromatic carbocycles. The number of rotatable bonds is 6. The van der Waals surface area contributed by atoms with Crippen LogP contribution in [0.3, 0.4) is 0 Å². The van der Waals surface area contributed by atoms with E-state index in [1.54, 1.807) is 5.30 Å². The normalized spacial score (nSPS) is 33.8. The standard InChI is InChI=1S/C28H35NP.ClH.Pd/c1-29(2)26-6-4-3-5-25(26)21-11-13-24(14-12-21)30(27-17-19-7-9-22(27)15-19)28-18-20-8-10-23(28)16-20;;/h3-6,11,13-14,19-20,22-23,27-28H,7-10,15-18H2,1-2H3;1H;/q;;+1/p-1/t19?,20?,22-,23?,27?,28?,30?;;/m0../s1. The second-order valence-electron chi connectivity index (χ2n) is 11.0. The van der Waals surface area contributed by atoms with Gasteiger partial charge in [0.05, 0.1) is 0 Å². The summed E-state index contributed by atoms with van der Waals surface area (Å²) in [6.07, 6.45) is 12.1. The Kier molecular flexibility index (Phi) is 6.22. The van der Waals surface area contributed by atoms with E-state index in [1.807, 2.05) is 0 Å². The molecule has 1 nitrogen and oxygen atoms in total. The minimum absolute atomic E-state index is 0.0718. The first-order chi connectivity index (χ1) is 15.6. The van der Waals surface area contributed by atoms with Gasteiger partial charge in [-0.05, 0) is 0 Å². The van der Waals surface area contributed by atoms with Gasteiger partial charge < -0.3 is 0 Å². The summed E-state index contributed by atoms with van der Waals surface area (Å²) >= 11 is 0.105. The first-order valence-corrected chi connectivity index (χ1v) is 16.8. The van der Waals surface area contributed by atoms with Gasteiger partial charge in [-0.1, -0.05) is 0 Å². The first kappa shape index (κ1) is 22.1. The van der Waals surface area contributed by atoms with Gasteiger partial charge in [0.25, 0.3) is 0 Å². The van der Waals surface area contributed by atoms with E-state index in [4.69, 9.17) is 9.53 Å². The van der Waals surface area contributed by atoms with Crippen molar-refractivity contribution in [2.45, 2.75) is 62.7 Å². The Bertz CT molecular complexity index is 965. The molecule has 0 aliphatic heterocycles. The third-order valence-electron chi connectivity index (χ3n) is 9.08. The molecule has 4 saturated carbocycles. The third kappa shape index (κ3) is 3.83. The number of hydrogen-bond acceptors (Lipinski definition) is 1. The molecule has 32 heavy (non-hydrogen) atoms. The van der Waals surface area contributed by atoms with Crippen LogP contribution in [0.15, 0.2) is 42.5 Å². The molecule has 174 valence electrons. The van der Waals surface area contributed by atoms with Crippen molar-refractivity contribution in [1.29, 1.82) is 0 Å². The Balaban J connectivity index is 1.40. The summed E-state index contributed by atoms with van der Waals surface area (Å²) in [5, 5.41) is 1.69. The Morgan fingerprint density at radius 3 is 2.00 bits per heavy atom. The molecule has 0 aromatic heterocycles. The number of para-hydroxylation sites is 1. The second-order valence-corrected chi connectivity index (χ2v) is 15.5. The van der Waals surface area contributed by atoms with Crippen molar-refractivity contribution < 1.29 is 17.0 Å². The number of hydrogen-bond donors (Lipinski definition) is 0. The Hall–Kier alpha value is -0.378. The Morgan fingerprint density at radius 2 is 1.47 bits per heavy atom. The van der Waals surface area contributed by atoms with Gasteiger partial charge in [-0.25, -0.2) is 0 Å². The van der Waals surface area contributed by atoms with Gasteiger partial charge in [-0.2, -0.15) is 0 Å².